The number of rotatable bonds is 14. The van der Waals surface area contributed by atoms with Crippen molar-refractivity contribution in [3.63, 3.8) is 0 Å². The minimum Gasteiger partial charge on any atom is -0.461 e. The summed E-state index contributed by atoms with van der Waals surface area (Å²) in [6.45, 7) is 7.71. The predicted octanol–water partition coefficient (Wildman–Crippen LogP) is 2.11. The predicted molar refractivity (Wildman–Crippen MR) is 203 cm³/mol. The molecule has 0 bridgehead atoms. The highest BCUT2D eigenvalue weighted by Gasteiger charge is 2.51. The number of carbonyl (C=O) groups is 2. The van der Waals surface area contributed by atoms with Crippen molar-refractivity contribution in [3.05, 3.63) is 108 Å². The molecule has 2 saturated heterocycles. The van der Waals surface area contributed by atoms with Crippen LogP contribution < -0.4 is 5.32 Å². The number of esters is 1. The van der Waals surface area contributed by atoms with E-state index in [0.29, 0.717) is 0 Å². The maximum atomic E-state index is 13.1. The van der Waals surface area contributed by atoms with Gasteiger partial charge in [0.05, 0.1) is 6.61 Å². The number of aliphatic hydroxyl groups excluding tert-OH is 6. The molecule has 0 aromatic heterocycles. The lowest BCUT2D eigenvalue weighted by Crippen LogP contribution is -2.64. The van der Waals surface area contributed by atoms with E-state index < -0.39 is 97.3 Å². The number of hydrogen-bond donors (Lipinski definition) is 7. The first-order chi connectivity index (χ1) is 27.0. The molecule has 2 fully saturated rings. The molecule has 1 amide bonds. The van der Waals surface area contributed by atoms with E-state index in [2.05, 4.69) is 5.32 Å². The van der Waals surface area contributed by atoms with Crippen molar-refractivity contribution < 1.29 is 68.6 Å². The molecule has 2 aliphatic heterocycles. The third-order valence-corrected chi connectivity index (χ3v) is 9.68. The maximum absolute atomic E-state index is 13.1. The zero-order chi connectivity index (χ0) is 41.5. The lowest BCUT2D eigenvalue weighted by molar-refractivity contribution is -0.377. The quantitative estimate of drug-likeness (QED) is 0.0918. The van der Waals surface area contributed by atoms with Crippen LogP contribution in [-0.2, 0) is 38.8 Å². The number of nitrogens with one attached hydrogen (secondary N) is 1. The zero-order valence-electron chi connectivity index (χ0n) is 32.7. The van der Waals surface area contributed by atoms with Crippen molar-refractivity contribution >= 4 is 12.1 Å². The molecule has 15 heteroatoms. The summed E-state index contributed by atoms with van der Waals surface area (Å²) in [7, 11) is 0. The van der Waals surface area contributed by atoms with Crippen LogP contribution in [0.4, 0.5) is 4.79 Å². The van der Waals surface area contributed by atoms with Crippen LogP contribution >= 0.6 is 0 Å². The summed E-state index contributed by atoms with van der Waals surface area (Å²) in [4.78, 5) is 25.6. The monoisotopic (exact) mass is 797 g/mol. The van der Waals surface area contributed by atoms with E-state index in [1.54, 1.807) is 20.8 Å². The minimum atomic E-state index is -1.90. The van der Waals surface area contributed by atoms with Gasteiger partial charge in [-0.2, -0.15) is 0 Å². The summed E-state index contributed by atoms with van der Waals surface area (Å²) in [6.07, 6.45) is -17.8. The Labute approximate surface area is 332 Å². The van der Waals surface area contributed by atoms with Gasteiger partial charge in [0, 0.05) is 0 Å². The molecule has 2 aliphatic rings. The smallest absolute Gasteiger partial charge is 0.408 e. The van der Waals surface area contributed by atoms with Gasteiger partial charge in [0.25, 0.3) is 0 Å². The molecule has 0 saturated carbocycles. The molecule has 0 aliphatic carbocycles. The van der Waals surface area contributed by atoms with Crippen molar-refractivity contribution in [2.24, 2.45) is 5.92 Å². The van der Waals surface area contributed by atoms with Gasteiger partial charge in [0.1, 0.15) is 72.7 Å². The molecular formula is C42H55NO14. The molecule has 2 unspecified atom stereocenters. The minimum absolute atomic E-state index is 0.0415. The third-order valence-electron chi connectivity index (χ3n) is 9.68. The largest absolute Gasteiger partial charge is 0.461 e. The van der Waals surface area contributed by atoms with Crippen molar-refractivity contribution in [1.82, 2.24) is 5.32 Å². The molecule has 5 rings (SSSR count). The Hall–Kier alpha value is -4.00. The molecule has 7 N–H and O–H groups in total. The first-order valence-corrected chi connectivity index (χ1v) is 19.0. The number of carbonyl (C=O) groups excluding carboxylic acids is 2. The Kier molecular flexibility index (Phi) is 14.8. The van der Waals surface area contributed by atoms with Crippen LogP contribution in [0.3, 0.4) is 0 Å². The fraction of sp³-hybridized carbons (Fsp3) is 0.524. The van der Waals surface area contributed by atoms with Gasteiger partial charge in [-0.1, -0.05) is 105 Å². The Morgan fingerprint density at radius 3 is 1.47 bits per heavy atom. The van der Waals surface area contributed by atoms with Crippen LogP contribution in [0.15, 0.2) is 91.0 Å². The standard InChI is InChI=1S/C42H55NO14/c1-24(2)21-28(43-40(51)57-41(3,4)5)37(50)52-22-29-31(44)33(46)35(48)38(54-29)56-39-36(49)34(47)32(45)30(55-39)23-53-42(25-15-9-6-10-16-25,26-17-11-7-12-18-26)27-19-13-8-14-20-27/h6-20,24,28-36,38-39,44-49H,21-23H2,1-5H3,(H,43,51)/t28-,29+,30+,31+,32+,33-,34-,35+,36+,38?,39?/m0/s1. The highest BCUT2D eigenvalue weighted by Crippen LogP contribution is 2.41. The molecule has 0 radical (unpaired) electrons. The van der Waals surface area contributed by atoms with E-state index in [1.807, 2.05) is 105 Å². The number of alkyl carbamates (subject to hydrolysis) is 1. The van der Waals surface area contributed by atoms with Crippen molar-refractivity contribution in [3.8, 4) is 0 Å². The third kappa shape index (κ3) is 10.7. The van der Waals surface area contributed by atoms with E-state index in [-0.39, 0.29) is 18.9 Å². The van der Waals surface area contributed by atoms with E-state index in [9.17, 15) is 40.2 Å². The van der Waals surface area contributed by atoms with E-state index in [0.717, 1.165) is 16.7 Å². The summed E-state index contributed by atoms with van der Waals surface area (Å²) < 4.78 is 35.0. The fourth-order valence-electron chi connectivity index (χ4n) is 6.84. The molecule has 312 valence electrons. The van der Waals surface area contributed by atoms with E-state index >= 15 is 0 Å². The highest BCUT2D eigenvalue weighted by atomic mass is 16.8. The average molecular weight is 798 g/mol. The van der Waals surface area contributed by atoms with Gasteiger partial charge in [0.15, 0.2) is 12.6 Å². The first kappa shape index (κ1) is 44.1. The summed E-state index contributed by atoms with van der Waals surface area (Å²) in [5, 5.41) is 68.0. The zero-order valence-corrected chi connectivity index (χ0v) is 32.7. The second kappa shape index (κ2) is 19.2. The summed E-state index contributed by atoms with van der Waals surface area (Å²) in [6, 6.07) is 27.1. The van der Waals surface area contributed by atoms with Crippen LogP contribution in [0.5, 0.6) is 0 Å². The molecule has 15 nitrogen and oxygen atoms in total. The van der Waals surface area contributed by atoms with Crippen LogP contribution in [0, 0.1) is 5.92 Å². The van der Waals surface area contributed by atoms with Gasteiger partial charge in [0.2, 0.25) is 0 Å². The van der Waals surface area contributed by atoms with Gasteiger partial charge >= 0.3 is 12.1 Å². The lowest BCUT2D eigenvalue weighted by Gasteiger charge is -2.45. The van der Waals surface area contributed by atoms with Crippen molar-refractivity contribution in [2.75, 3.05) is 13.2 Å². The summed E-state index contributed by atoms with van der Waals surface area (Å²) in [5.41, 5.74) is 0.228. The highest BCUT2D eigenvalue weighted by molar-refractivity contribution is 5.81. The Morgan fingerprint density at radius 2 is 1.07 bits per heavy atom. The average Bonchev–Trinajstić information content (AvgIpc) is 3.18. The van der Waals surface area contributed by atoms with Gasteiger partial charge in [-0.15, -0.1) is 0 Å². The first-order valence-electron chi connectivity index (χ1n) is 19.0. The Balaban J connectivity index is 1.32. The van der Waals surface area contributed by atoms with Crippen LogP contribution in [0.25, 0.3) is 0 Å². The van der Waals surface area contributed by atoms with Gasteiger partial charge < -0.3 is 64.4 Å². The number of amides is 1. The van der Waals surface area contributed by atoms with Gasteiger partial charge in [-0.3, -0.25) is 0 Å². The molecule has 11 atom stereocenters. The molecule has 0 spiro atoms. The number of ether oxygens (including phenoxy) is 6. The fourth-order valence-corrected chi connectivity index (χ4v) is 6.84. The second-order valence-corrected chi connectivity index (χ2v) is 15.7. The maximum Gasteiger partial charge on any atom is 0.408 e. The summed E-state index contributed by atoms with van der Waals surface area (Å²) in [5.74, 6) is -0.910. The molecule has 3 aromatic rings. The van der Waals surface area contributed by atoms with E-state index in [4.69, 9.17) is 28.4 Å². The lowest BCUT2D eigenvalue weighted by atomic mass is 9.80. The molecular weight excluding hydrogens is 742 g/mol. The molecule has 3 aromatic carbocycles. The van der Waals surface area contributed by atoms with Gasteiger partial charge in [-0.25, -0.2) is 9.59 Å². The number of hydrogen-bond acceptors (Lipinski definition) is 14. The Bertz CT molecular complexity index is 1610. The van der Waals surface area contributed by atoms with Gasteiger partial charge in [-0.05, 0) is 49.8 Å². The van der Waals surface area contributed by atoms with Crippen LogP contribution in [0.1, 0.15) is 57.7 Å². The van der Waals surface area contributed by atoms with E-state index in [1.165, 1.54) is 0 Å². The number of benzene rings is 3. The molecule has 2 heterocycles. The second-order valence-electron chi connectivity index (χ2n) is 15.7. The topological polar surface area (TPSA) is 223 Å². The van der Waals surface area contributed by atoms with Crippen LogP contribution in [-0.4, -0.2) is 129 Å². The number of aliphatic hydroxyl groups is 6. The SMILES string of the molecule is CC(C)C[C@H](NC(=O)OC(C)(C)C)C(=O)OC[C@H]1OC(OC2O[C@H](COC(c3ccccc3)(c3ccccc3)c3ccccc3)[C@@H](O)[C@H](O)[C@H]2O)[C@H](O)[C@@H](O)[C@@H]1O. The normalized spacial score (nSPS) is 28.7. The Morgan fingerprint density at radius 1 is 0.649 bits per heavy atom. The van der Waals surface area contributed by atoms with Crippen LogP contribution in [0.2, 0.25) is 0 Å². The van der Waals surface area contributed by atoms with Crippen molar-refractivity contribution in [1.29, 1.82) is 0 Å². The van der Waals surface area contributed by atoms with Crippen molar-refractivity contribution in [2.45, 2.75) is 120 Å². The summed E-state index contributed by atoms with van der Waals surface area (Å²) >= 11 is 0. The molecule has 57 heavy (non-hydrogen) atoms.